The molecular formula is C16H24N2OS. The first-order valence-corrected chi connectivity index (χ1v) is 8.87. The van der Waals surface area contributed by atoms with E-state index in [1.165, 1.54) is 38.6 Å². The Morgan fingerprint density at radius 3 is 3.15 bits per heavy atom. The highest BCUT2D eigenvalue weighted by atomic mass is 32.1. The van der Waals surface area contributed by atoms with Crippen molar-refractivity contribution < 1.29 is 4.74 Å². The number of nitrogens with one attached hydrogen (secondary N) is 1. The van der Waals surface area contributed by atoms with E-state index in [-0.39, 0.29) is 5.60 Å². The van der Waals surface area contributed by atoms with Crippen LogP contribution in [0.2, 0.25) is 0 Å². The van der Waals surface area contributed by atoms with Crippen LogP contribution in [-0.2, 0) is 17.7 Å². The van der Waals surface area contributed by atoms with Crippen LogP contribution >= 0.6 is 11.3 Å². The molecule has 1 unspecified atom stereocenters. The van der Waals surface area contributed by atoms with Crippen LogP contribution in [0, 0.1) is 0 Å². The van der Waals surface area contributed by atoms with Gasteiger partial charge >= 0.3 is 0 Å². The fourth-order valence-electron chi connectivity index (χ4n) is 4.13. The summed E-state index contributed by atoms with van der Waals surface area (Å²) in [5.41, 5.74) is 1.76. The van der Waals surface area contributed by atoms with Gasteiger partial charge in [0.1, 0.15) is 0 Å². The summed E-state index contributed by atoms with van der Waals surface area (Å²) >= 11 is 1.94. The van der Waals surface area contributed by atoms with Crippen LogP contribution < -0.4 is 5.32 Å². The molecule has 110 valence electrons. The summed E-state index contributed by atoms with van der Waals surface area (Å²) in [7, 11) is 0. The highest BCUT2D eigenvalue weighted by Gasteiger charge is 2.40. The lowest BCUT2D eigenvalue weighted by Gasteiger charge is -2.47. The third-order valence-electron chi connectivity index (χ3n) is 5.34. The molecule has 3 aliphatic rings. The Labute approximate surface area is 125 Å². The predicted molar refractivity (Wildman–Crippen MR) is 82.2 cm³/mol. The molecule has 3 aliphatic heterocycles. The molecular weight excluding hydrogens is 268 g/mol. The second-order valence-electron chi connectivity index (χ2n) is 6.52. The SMILES string of the molecule is c1cc2c(s1)CCN(C1CCOC3(CCNCC3)C1)C2. The highest BCUT2D eigenvalue weighted by molar-refractivity contribution is 7.10. The zero-order chi connectivity index (χ0) is 13.4. The molecule has 4 heterocycles. The Kier molecular flexibility index (Phi) is 3.59. The molecule has 0 aliphatic carbocycles. The largest absolute Gasteiger partial charge is 0.375 e. The van der Waals surface area contributed by atoms with Crippen LogP contribution in [-0.4, -0.2) is 42.8 Å². The average Bonchev–Trinajstić information content (AvgIpc) is 2.95. The van der Waals surface area contributed by atoms with Crippen molar-refractivity contribution >= 4 is 11.3 Å². The Morgan fingerprint density at radius 2 is 2.25 bits per heavy atom. The zero-order valence-corrected chi connectivity index (χ0v) is 12.9. The fourth-order valence-corrected chi connectivity index (χ4v) is 5.02. The first kappa shape index (κ1) is 13.3. The van der Waals surface area contributed by atoms with E-state index in [1.54, 1.807) is 10.4 Å². The minimum Gasteiger partial charge on any atom is -0.375 e. The summed E-state index contributed by atoms with van der Waals surface area (Å²) in [6, 6.07) is 3.06. The van der Waals surface area contributed by atoms with Gasteiger partial charge in [-0.05, 0) is 62.2 Å². The van der Waals surface area contributed by atoms with Crippen molar-refractivity contribution in [3.8, 4) is 0 Å². The van der Waals surface area contributed by atoms with Crippen molar-refractivity contribution in [1.82, 2.24) is 10.2 Å². The highest BCUT2D eigenvalue weighted by Crippen LogP contribution is 2.36. The van der Waals surface area contributed by atoms with Gasteiger partial charge in [0.05, 0.1) is 5.60 Å². The van der Waals surface area contributed by atoms with Gasteiger partial charge in [-0.3, -0.25) is 4.90 Å². The minimum absolute atomic E-state index is 0.184. The van der Waals surface area contributed by atoms with Gasteiger partial charge in [-0.15, -0.1) is 11.3 Å². The van der Waals surface area contributed by atoms with Crippen molar-refractivity contribution in [1.29, 1.82) is 0 Å². The third kappa shape index (κ3) is 2.43. The van der Waals surface area contributed by atoms with E-state index in [0.29, 0.717) is 0 Å². The molecule has 0 bridgehead atoms. The summed E-state index contributed by atoms with van der Waals surface area (Å²) in [5.74, 6) is 0. The second kappa shape index (κ2) is 5.41. The molecule has 2 fully saturated rings. The smallest absolute Gasteiger partial charge is 0.0721 e. The molecule has 1 N–H and O–H groups in total. The molecule has 0 radical (unpaired) electrons. The maximum atomic E-state index is 6.22. The first-order valence-electron chi connectivity index (χ1n) is 7.99. The van der Waals surface area contributed by atoms with E-state index in [0.717, 1.165) is 32.3 Å². The molecule has 4 heteroatoms. The molecule has 4 rings (SSSR count). The van der Waals surface area contributed by atoms with Crippen LogP contribution in [0.3, 0.4) is 0 Å². The topological polar surface area (TPSA) is 24.5 Å². The van der Waals surface area contributed by atoms with Crippen LogP contribution in [0.1, 0.15) is 36.1 Å². The van der Waals surface area contributed by atoms with Gasteiger partial charge in [0.25, 0.3) is 0 Å². The molecule has 3 nitrogen and oxygen atoms in total. The minimum atomic E-state index is 0.184. The van der Waals surface area contributed by atoms with Gasteiger partial charge in [0.15, 0.2) is 0 Å². The number of hydrogen-bond acceptors (Lipinski definition) is 4. The average molecular weight is 292 g/mol. The normalized spacial score (nSPS) is 30.3. The maximum absolute atomic E-state index is 6.22. The molecule has 2 saturated heterocycles. The van der Waals surface area contributed by atoms with Gasteiger partial charge in [-0.25, -0.2) is 0 Å². The molecule has 0 amide bonds. The van der Waals surface area contributed by atoms with Crippen molar-refractivity contribution in [3.05, 3.63) is 21.9 Å². The van der Waals surface area contributed by atoms with Crippen LogP contribution in [0.4, 0.5) is 0 Å². The Hall–Kier alpha value is -0.420. The number of hydrogen-bond donors (Lipinski definition) is 1. The van der Waals surface area contributed by atoms with E-state index in [9.17, 15) is 0 Å². The van der Waals surface area contributed by atoms with E-state index in [2.05, 4.69) is 21.7 Å². The van der Waals surface area contributed by atoms with Crippen LogP contribution in [0.15, 0.2) is 11.4 Å². The number of ether oxygens (including phenoxy) is 1. The summed E-state index contributed by atoms with van der Waals surface area (Å²) in [5, 5.41) is 5.72. The second-order valence-corrected chi connectivity index (χ2v) is 7.52. The van der Waals surface area contributed by atoms with Gasteiger partial charge in [0.2, 0.25) is 0 Å². The molecule has 1 aromatic heterocycles. The van der Waals surface area contributed by atoms with E-state index in [4.69, 9.17) is 4.74 Å². The van der Waals surface area contributed by atoms with Crippen molar-refractivity contribution in [3.63, 3.8) is 0 Å². The lowest BCUT2D eigenvalue weighted by Crippen LogP contribution is -2.53. The molecule has 20 heavy (non-hydrogen) atoms. The van der Waals surface area contributed by atoms with Crippen molar-refractivity contribution in [2.45, 2.75) is 50.3 Å². The zero-order valence-electron chi connectivity index (χ0n) is 12.1. The van der Waals surface area contributed by atoms with Crippen LogP contribution in [0.25, 0.3) is 0 Å². The lowest BCUT2D eigenvalue weighted by molar-refractivity contribution is -0.122. The molecule has 1 spiro atoms. The Balaban J connectivity index is 1.46. The first-order chi connectivity index (χ1) is 9.85. The standard InChI is InChI=1S/C16H24N2OS/c1-8-18(12-13-3-10-20-15(1)13)14-2-9-19-16(11-14)4-6-17-7-5-16/h3,10,14,17H,1-2,4-9,11-12H2. The number of nitrogens with zero attached hydrogens (tertiary/aromatic N) is 1. The monoisotopic (exact) mass is 292 g/mol. The van der Waals surface area contributed by atoms with Gasteiger partial charge in [0, 0.05) is 30.6 Å². The summed E-state index contributed by atoms with van der Waals surface area (Å²) in [6.07, 6.45) is 6.10. The van der Waals surface area contributed by atoms with Gasteiger partial charge in [-0.1, -0.05) is 0 Å². The number of thiophene rings is 1. The maximum Gasteiger partial charge on any atom is 0.0721 e. The number of rotatable bonds is 1. The van der Waals surface area contributed by atoms with E-state index in [1.807, 2.05) is 11.3 Å². The van der Waals surface area contributed by atoms with Crippen LogP contribution in [0.5, 0.6) is 0 Å². The number of piperidine rings is 1. The van der Waals surface area contributed by atoms with E-state index >= 15 is 0 Å². The third-order valence-corrected chi connectivity index (χ3v) is 6.36. The predicted octanol–water partition coefficient (Wildman–Crippen LogP) is 2.41. The fraction of sp³-hybridized carbons (Fsp3) is 0.750. The Bertz CT molecular complexity index is 461. The van der Waals surface area contributed by atoms with E-state index < -0.39 is 0 Å². The quantitative estimate of drug-likeness (QED) is 0.860. The number of fused-ring (bicyclic) bond motifs is 1. The summed E-state index contributed by atoms with van der Waals surface area (Å²) < 4.78 is 6.22. The van der Waals surface area contributed by atoms with Gasteiger partial charge in [-0.2, -0.15) is 0 Å². The van der Waals surface area contributed by atoms with Gasteiger partial charge < -0.3 is 10.1 Å². The molecule has 1 aromatic rings. The lowest BCUT2D eigenvalue weighted by atomic mass is 9.82. The molecule has 1 atom stereocenters. The molecule has 0 aromatic carbocycles. The van der Waals surface area contributed by atoms with Crippen molar-refractivity contribution in [2.24, 2.45) is 0 Å². The summed E-state index contributed by atoms with van der Waals surface area (Å²) in [6.45, 7) is 5.62. The molecule has 0 saturated carbocycles. The summed E-state index contributed by atoms with van der Waals surface area (Å²) in [4.78, 5) is 4.34. The van der Waals surface area contributed by atoms with Crippen molar-refractivity contribution in [2.75, 3.05) is 26.2 Å². The Morgan fingerprint density at radius 1 is 1.35 bits per heavy atom.